The lowest BCUT2D eigenvalue weighted by atomic mass is 9.96. The Kier molecular flexibility index (Phi) is 10.7. The van der Waals surface area contributed by atoms with Crippen LogP contribution >= 0.6 is 11.8 Å². The summed E-state index contributed by atoms with van der Waals surface area (Å²) in [6.45, 7) is 4.02. The molecule has 0 aliphatic carbocycles. The van der Waals surface area contributed by atoms with Crippen molar-refractivity contribution in [2.75, 3.05) is 20.0 Å². The van der Waals surface area contributed by atoms with Gasteiger partial charge in [-0.2, -0.15) is 10.2 Å². The van der Waals surface area contributed by atoms with E-state index in [1.54, 1.807) is 30.5 Å². The quantitative estimate of drug-likeness (QED) is 0.175. The van der Waals surface area contributed by atoms with Crippen LogP contribution in [0.25, 0.3) is 11.3 Å². The predicted molar refractivity (Wildman–Crippen MR) is 144 cm³/mol. The van der Waals surface area contributed by atoms with E-state index in [0.29, 0.717) is 11.3 Å². The van der Waals surface area contributed by atoms with Crippen LogP contribution in [-0.4, -0.2) is 77.8 Å². The summed E-state index contributed by atoms with van der Waals surface area (Å²) in [5.41, 5.74) is -0.763. The van der Waals surface area contributed by atoms with Gasteiger partial charge < -0.3 is 28.4 Å². The topological polar surface area (TPSA) is 182 Å². The molecule has 2 heterocycles. The summed E-state index contributed by atoms with van der Waals surface area (Å²) in [7, 11) is 1.47. The third-order valence-corrected chi connectivity index (χ3v) is 6.63. The largest absolute Gasteiger partial charge is 0.497 e. The van der Waals surface area contributed by atoms with Gasteiger partial charge in [0.15, 0.2) is 29.7 Å². The first kappa shape index (κ1) is 32.1. The van der Waals surface area contributed by atoms with Crippen LogP contribution in [0.4, 0.5) is 0 Å². The number of carbonyl (C=O) groups excluding carboxylic acids is 4. The highest BCUT2D eigenvalue weighted by Gasteiger charge is 2.53. The van der Waals surface area contributed by atoms with E-state index >= 15 is 0 Å². The van der Waals surface area contributed by atoms with Gasteiger partial charge >= 0.3 is 23.9 Å². The molecule has 0 amide bonds. The molecule has 5 atom stereocenters. The van der Waals surface area contributed by atoms with E-state index in [1.165, 1.54) is 11.7 Å². The molecular weight excluding hydrogens is 574 g/mol. The van der Waals surface area contributed by atoms with Gasteiger partial charge in [0, 0.05) is 33.3 Å². The zero-order chi connectivity index (χ0) is 31.1. The first-order chi connectivity index (χ1) is 19.9. The lowest BCUT2D eigenvalue weighted by Gasteiger charge is -2.45. The van der Waals surface area contributed by atoms with Gasteiger partial charge in [-0.1, -0.05) is 11.8 Å². The molecule has 1 aliphatic heterocycles. The minimum absolute atomic E-state index is 0.0467. The number of nitrogens with zero attached hydrogens (tertiary/aromatic N) is 3. The third-order valence-electron chi connectivity index (χ3n) is 5.97. The molecular formula is C27H29N3O11S. The fourth-order valence-electron chi connectivity index (χ4n) is 4.44. The summed E-state index contributed by atoms with van der Waals surface area (Å²) in [4.78, 5) is 65.4. The van der Waals surface area contributed by atoms with Crippen molar-refractivity contribution >= 4 is 35.6 Å². The lowest BCUT2D eigenvalue weighted by Crippen LogP contribution is -2.61. The van der Waals surface area contributed by atoms with Crippen LogP contribution in [0, 0.1) is 11.3 Å². The maximum absolute atomic E-state index is 13.0. The van der Waals surface area contributed by atoms with Crippen molar-refractivity contribution in [2.24, 2.45) is 0 Å². The van der Waals surface area contributed by atoms with Crippen molar-refractivity contribution in [3.63, 3.8) is 0 Å². The molecule has 0 unspecified atom stereocenters. The Bertz CT molecular complexity index is 1450. The molecule has 14 nitrogen and oxygen atoms in total. The highest BCUT2D eigenvalue weighted by Crippen LogP contribution is 2.39. The molecule has 0 saturated carbocycles. The second-order valence-corrected chi connectivity index (χ2v) is 9.70. The van der Waals surface area contributed by atoms with E-state index in [2.05, 4.69) is 4.98 Å². The number of thioether (sulfide) groups is 1. The SMILES string of the molecule is COc1ccc(-c2c(C#N)c(=O)nc(SC)n2[C@@H]2O[C@H](COC(C)=O)[C@@H](OC(C)=O)[C@H](OC(C)=O)[C@H]2OC(C)=O)cc1. The first-order valence-electron chi connectivity index (χ1n) is 12.5. The molecule has 0 radical (unpaired) electrons. The normalized spacial score (nSPS) is 21.4. The van der Waals surface area contributed by atoms with Gasteiger partial charge in [-0.05, 0) is 30.5 Å². The Balaban J connectivity index is 2.39. The van der Waals surface area contributed by atoms with Crippen LogP contribution in [-0.2, 0) is 42.9 Å². The van der Waals surface area contributed by atoms with Crippen LogP contribution < -0.4 is 10.3 Å². The van der Waals surface area contributed by atoms with E-state index in [9.17, 15) is 29.2 Å². The van der Waals surface area contributed by atoms with E-state index in [0.717, 1.165) is 39.5 Å². The van der Waals surface area contributed by atoms with Crippen molar-refractivity contribution in [2.45, 2.75) is 63.5 Å². The number of carbonyl (C=O) groups is 4. The molecule has 15 heteroatoms. The Morgan fingerprint density at radius 3 is 2.02 bits per heavy atom. The summed E-state index contributed by atoms with van der Waals surface area (Å²) in [5.74, 6) is -2.58. The van der Waals surface area contributed by atoms with Gasteiger partial charge in [0.25, 0.3) is 5.56 Å². The minimum atomic E-state index is -1.50. The molecule has 0 bridgehead atoms. The van der Waals surface area contributed by atoms with Crippen LogP contribution in [0.3, 0.4) is 0 Å². The number of benzene rings is 1. The highest BCUT2D eigenvalue weighted by molar-refractivity contribution is 7.98. The Labute approximate surface area is 244 Å². The number of nitriles is 1. The average molecular weight is 604 g/mol. The van der Waals surface area contributed by atoms with Gasteiger partial charge in [0.2, 0.25) is 0 Å². The Morgan fingerprint density at radius 1 is 0.952 bits per heavy atom. The van der Waals surface area contributed by atoms with Crippen LogP contribution in [0.1, 0.15) is 39.5 Å². The molecule has 0 spiro atoms. The predicted octanol–water partition coefficient (Wildman–Crippen LogP) is 1.77. The van der Waals surface area contributed by atoms with Gasteiger partial charge in [-0.3, -0.25) is 28.5 Å². The molecule has 42 heavy (non-hydrogen) atoms. The van der Waals surface area contributed by atoms with Gasteiger partial charge in [0.05, 0.1) is 12.8 Å². The maximum atomic E-state index is 13.0. The van der Waals surface area contributed by atoms with Gasteiger partial charge in [0.1, 0.15) is 30.1 Å². The van der Waals surface area contributed by atoms with E-state index in [4.69, 9.17) is 28.4 Å². The standard InChI is InChI=1S/C27H29N3O11S/c1-13(31)37-12-20-22(38-14(2)32)23(39-15(3)33)24(40-16(4)34)26(41-20)30-21(17-7-9-18(36-5)10-8-17)19(11-28)25(35)29-27(30)42-6/h7-10,20,22-24,26H,12H2,1-6H3/t20-,22-,23+,24-,26-/m1/s1. The van der Waals surface area contributed by atoms with Gasteiger partial charge in [-0.25, -0.2) is 0 Å². The van der Waals surface area contributed by atoms with Crippen LogP contribution in [0.15, 0.2) is 34.2 Å². The van der Waals surface area contributed by atoms with Crippen molar-refractivity contribution in [3.05, 3.63) is 40.2 Å². The molecule has 1 aromatic heterocycles. The number of hydrogen-bond acceptors (Lipinski definition) is 14. The summed E-state index contributed by atoms with van der Waals surface area (Å²) >= 11 is 1.02. The second-order valence-electron chi connectivity index (χ2n) is 8.93. The molecule has 3 rings (SSSR count). The summed E-state index contributed by atoms with van der Waals surface area (Å²) in [6, 6.07) is 8.30. The van der Waals surface area contributed by atoms with Crippen molar-refractivity contribution in [1.82, 2.24) is 9.55 Å². The van der Waals surface area contributed by atoms with Gasteiger partial charge in [-0.15, -0.1) is 0 Å². The molecule has 1 fully saturated rings. The molecule has 224 valence electrons. The molecule has 1 saturated heterocycles. The first-order valence-corrected chi connectivity index (χ1v) is 13.7. The fourth-order valence-corrected chi connectivity index (χ4v) is 5.01. The monoisotopic (exact) mass is 603 g/mol. The smallest absolute Gasteiger partial charge is 0.303 e. The fraction of sp³-hybridized carbons (Fsp3) is 0.444. The Morgan fingerprint density at radius 2 is 1.52 bits per heavy atom. The van der Waals surface area contributed by atoms with Crippen molar-refractivity contribution in [1.29, 1.82) is 5.26 Å². The zero-order valence-electron chi connectivity index (χ0n) is 23.6. The molecule has 1 aromatic carbocycles. The number of rotatable bonds is 9. The lowest BCUT2D eigenvalue weighted by molar-refractivity contribution is -0.269. The second kappa shape index (κ2) is 14.0. The third kappa shape index (κ3) is 7.25. The molecule has 2 aromatic rings. The number of methoxy groups -OCH3 is 1. The van der Waals surface area contributed by atoms with Crippen LogP contribution in [0.2, 0.25) is 0 Å². The number of hydrogen-bond donors (Lipinski definition) is 0. The number of aromatic nitrogens is 2. The van der Waals surface area contributed by atoms with E-state index in [1.807, 2.05) is 6.07 Å². The van der Waals surface area contributed by atoms with Crippen molar-refractivity contribution in [3.8, 4) is 23.1 Å². The van der Waals surface area contributed by atoms with E-state index in [-0.39, 0.29) is 16.4 Å². The molecule has 0 N–H and O–H groups in total. The zero-order valence-corrected chi connectivity index (χ0v) is 24.5. The average Bonchev–Trinajstić information content (AvgIpc) is 2.93. The molecule has 1 aliphatic rings. The summed E-state index contributed by atoms with van der Waals surface area (Å²) in [6.07, 6.45) is -5.45. The number of esters is 4. The maximum Gasteiger partial charge on any atom is 0.303 e. The number of ether oxygens (including phenoxy) is 6. The summed E-state index contributed by atoms with van der Waals surface area (Å²) < 4.78 is 34.6. The van der Waals surface area contributed by atoms with Crippen LogP contribution in [0.5, 0.6) is 5.75 Å². The summed E-state index contributed by atoms with van der Waals surface area (Å²) in [5, 5.41) is 10.1. The van der Waals surface area contributed by atoms with Crippen molar-refractivity contribution < 1.29 is 47.6 Å². The Hall–Kier alpha value is -4.42. The van der Waals surface area contributed by atoms with E-state index < -0.39 is 66.7 Å². The minimum Gasteiger partial charge on any atom is -0.497 e. The highest BCUT2D eigenvalue weighted by atomic mass is 32.2.